The van der Waals surface area contributed by atoms with Gasteiger partial charge in [-0.1, -0.05) is 48.2 Å². The van der Waals surface area contributed by atoms with Crippen LogP contribution in [0.5, 0.6) is 0 Å². The van der Waals surface area contributed by atoms with E-state index in [1.54, 1.807) is 36.4 Å². The number of rotatable bonds is 6. The highest BCUT2D eigenvalue weighted by atomic mass is 32.3. The summed E-state index contributed by atoms with van der Waals surface area (Å²) < 4.78 is 24.0. The van der Waals surface area contributed by atoms with Gasteiger partial charge in [0.1, 0.15) is 4.58 Å². The Hall–Kier alpha value is -2.12. The highest BCUT2D eigenvalue weighted by molar-refractivity contribution is 8.22. The van der Waals surface area contributed by atoms with Crippen LogP contribution in [0.2, 0.25) is 0 Å². The Balaban J connectivity index is 2.22. The van der Waals surface area contributed by atoms with E-state index < -0.39 is 20.4 Å². The van der Waals surface area contributed by atoms with Gasteiger partial charge in [-0.2, -0.15) is 0 Å². The maximum Gasteiger partial charge on any atom is 0.307 e. The molecule has 25 heavy (non-hydrogen) atoms. The second-order valence-corrected chi connectivity index (χ2v) is 9.60. The number of benzene rings is 2. The lowest BCUT2D eigenvalue weighted by molar-refractivity contribution is -0.136. The minimum atomic E-state index is -3.58. The van der Waals surface area contributed by atoms with Gasteiger partial charge in [-0.3, -0.25) is 9.59 Å². The SMILES string of the molecule is CC(=O)SC(C)S(=O)(=O)c1ccc(-c2ccc(CC(=O)O)cc2)cc1. The van der Waals surface area contributed by atoms with Gasteiger partial charge in [-0.25, -0.2) is 8.42 Å². The molecule has 5 nitrogen and oxygen atoms in total. The van der Waals surface area contributed by atoms with Crippen molar-refractivity contribution in [3.05, 3.63) is 54.1 Å². The van der Waals surface area contributed by atoms with E-state index >= 15 is 0 Å². The van der Waals surface area contributed by atoms with Crippen molar-refractivity contribution in [2.24, 2.45) is 0 Å². The summed E-state index contributed by atoms with van der Waals surface area (Å²) in [6.07, 6.45) is -0.0385. The molecule has 0 aliphatic heterocycles. The maximum absolute atomic E-state index is 12.4. The fraction of sp³-hybridized carbons (Fsp3) is 0.222. The van der Waals surface area contributed by atoms with E-state index in [1.807, 2.05) is 0 Å². The lowest BCUT2D eigenvalue weighted by Gasteiger charge is -2.11. The van der Waals surface area contributed by atoms with Crippen LogP contribution in [0.3, 0.4) is 0 Å². The first-order chi connectivity index (χ1) is 11.7. The summed E-state index contributed by atoms with van der Waals surface area (Å²) in [5.41, 5.74) is 2.39. The van der Waals surface area contributed by atoms with Crippen molar-refractivity contribution in [2.75, 3.05) is 0 Å². The fourth-order valence-corrected chi connectivity index (χ4v) is 4.93. The first-order valence-electron chi connectivity index (χ1n) is 7.52. The molecular formula is C18H18O5S2. The van der Waals surface area contributed by atoms with Gasteiger partial charge < -0.3 is 5.11 Å². The molecule has 0 radical (unpaired) electrons. The molecular weight excluding hydrogens is 360 g/mol. The van der Waals surface area contributed by atoms with Crippen LogP contribution in [0.15, 0.2) is 53.4 Å². The topological polar surface area (TPSA) is 88.5 Å². The molecule has 0 aliphatic rings. The molecule has 1 N–H and O–H groups in total. The number of carbonyl (C=O) groups is 2. The number of aliphatic carboxylic acids is 1. The fourth-order valence-electron chi connectivity index (χ4n) is 2.32. The van der Waals surface area contributed by atoms with Gasteiger partial charge >= 0.3 is 5.97 Å². The zero-order valence-corrected chi connectivity index (χ0v) is 15.4. The Bertz CT molecular complexity index is 869. The molecule has 0 heterocycles. The second kappa shape index (κ2) is 7.84. The highest BCUT2D eigenvalue weighted by Gasteiger charge is 2.25. The molecule has 0 amide bonds. The quantitative estimate of drug-likeness (QED) is 0.829. The highest BCUT2D eigenvalue weighted by Crippen LogP contribution is 2.27. The summed E-state index contributed by atoms with van der Waals surface area (Å²) >= 11 is 0.788. The third-order valence-corrected chi connectivity index (χ3v) is 7.11. The van der Waals surface area contributed by atoms with Crippen LogP contribution in [0.25, 0.3) is 11.1 Å². The first kappa shape index (κ1) is 19.2. The van der Waals surface area contributed by atoms with Crippen molar-refractivity contribution in [3.8, 4) is 11.1 Å². The van der Waals surface area contributed by atoms with E-state index in [2.05, 4.69) is 0 Å². The van der Waals surface area contributed by atoms with E-state index in [1.165, 1.54) is 26.0 Å². The summed E-state index contributed by atoms with van der Waals surface area (Å²) in [6, 6.07) is 13.5. The van der Waals surface area contributed by atoms with Crippen LogP contribution < -0.4 is 0 Å². The minimum absolute atomic E-state index is 0.0385. The second-order valence-electron chi connectivity index (χ2n) is 5.51. The van der Waals surface area contributed by atoms with Crippen LogP contribution in [0.1, 0.15) is 19.4 Å². The Labute approximate surface area is 151 Å². The average molecular weight is 378 g/mol. The predicted molar refractivity (Wildman–Crippen MR) is 98.1 cm³/mol. The maximum atomic E-state index is 12.4. The lowest BCUT2D eigenvalue weighted by atomic mass is 10.0. The lowest BCUT2D eigenvalue weighted by Crippen LogP contribution is -2.15. The molecule has 0 saturated heterocycles. The third-order valence-electron chi connectivity index (χ3n) is 3.59. The van der Waals surface area contributed by atoms with Gasteiger partial charge in [-0.05, 0) is 35.7 Å². The van der Waals surface area contributed by atoms with Gasteiger partial charge in [0.15, 0.2) is 15.0 Å². The Morgan fingerprint density at radius 2 is 1.48 bits per heavy atom. The monoisotopic (exact) mass is 378 g/mol. The van der Waals surface area contributed by atoms with Gasteiger partial charge in [0.2, 0.25) is 0 Å². The number of thioether (sulfide) groups is 1. The first-order valence-corrected chi connectivity index (χ1v) is 9.95. The summed E-state index contributed by atoms with van der Waals surface area (Å²) in [5.74, 6) is -0.889. The number of sulfone groups is 1. The average Bonchev–Trinajstić information content (AvgIpc) is 2.54. The predicted octanol–water partition coefficient (Wildman–Crippen LogP) is 3.38. The van der Waals surface area contributed by atoms with E-state index in [0.717, 1.165) is 22.9 Å². The summed E-state index contributed by atoms with van der Waals surface area (Å²) in [5, 5.41) is 8.54. The largest absolute Gasteiger partial charge is 0.481 e. The van der Waals surface area contributed by atoms with Crippen molar-refractivity contribution >= 4 is 32.7 Å². The van der Waals surface area contributed by atoms with Crippen molar-refractivity contribution < 1.29 is 23.1 Å². The number of carboxylic acids is 1. The zero-order valence-electron chi connectivity index (χ0n) is 13.8. The Morgan fingerprint density at radius 1 is 1.00 bits per heavy atom. The van der Waals surface area contributed by atoms with Crippen molar-refractivity contribution in [2.45, 2.75) is 29.7 Å². The molecule has 132 valence electrons. The smallest absolute Gasteiger partial charge is 0.307 e. The normalized spacial score (nSPS) is 12.6. The van der Waals surface area contributed by atoms with Crippen molar-refractivity contribution in [1.82, 2.24) is 0 Å². The standard InChI is InChI=1S/C18H18O5S2/c1-12(19)24-13(2)25(22,23)17-9-7-16(8-10-17)15-5-3-14(4-6-15)11-18(20)21/h3-10,13H,11H2,1-2H3,(H,20,21). The molecule has 1 atom stereocenters. The van der Waals surface area contributed by atoms with Crippen LogP contribution in [-0.4, -0.2) is 29.2 Å². The molecule has 0 saturated carbocycles. The molecule has 2 aromatic carbocycles. The summed E-state index contributed by atoms with van der Waals surface area (Å²) in [4.78, 5) is 22.0. The number of carbonyl (C=O) groups excluding carboxylic acids is 1. The van der Waals surface area contributed by atoms with E-state index in [-0.39, 0.29) is 16.4 Å². The molecule has 7 heteroatoms. The molecule has 0 bridgehead atoms. The zero-order chi connectivity index (χ0) is 18.6. The van der Waals surface area contributed by atoms with Crippen LogP contribution >= 0.6 is 11.8 Å². The van der Waals surface area contributed by atoms with Crippen molar-refractivity contribution in [3.63, 3.8) is 0 Å². The summed E-state index contributed by atoms with van der Waals surface area (Å²) in [6.45, 7) is 2.84. The molecule has 1 unspecified atom stereocenters. The van der Waals surface area contributed by atoms with Crippen LogP contribution in [0.4, 0.5) is 0 Å². The number of hydrogen-bond acceptors (Lipinski definition) is 5. The van der Waals surface area contributed by atoms with Gasteiger partial charge in [0, 0.05) is 6.92 Å². The van der Waals surface area contributed by atoms with Crippen molar-refractivity contribution in [1.29, 1.82) is 0 Å². The van der Waals surface area contributed by atoms with E-state index in [4.69, 9.17) is 5.11 Å². The van der Waals surface area contributed by atoms with Gasteiger partial charge in [-0.15, -0.1) is 0 Å². The van der Waals surface area contributed by atoms with Crippen LogP contribution in [-0.2, 0) is 25.8 Å². The number of hydrogen-bond donors (Lipinski definition) is 1. The number of carboxylic acid groups (broad SMARTS) is 1. The van der Waals surface area contributed by atoms with Gasteiger partial charge in [0.05, 0.1) is 11.3 Å². The molecule has 0 aromatic heterocycles. The molecule has 2 aromatic rings. The van der Waals surface area contributed by atoms with Crippen LogP contribution in [0, 0.1) is 0 Å². The Kier molecular flexibility index (Phi) is 6.02. The molecule has 2 rings (SSSR count). The van der Waals surface area contributed by atoms with E-state index in [0.29, 0.717) is 5.56 Å². The molecule has 0 aliphatic carbocycles. The van der Waals surface area contributed by atoms with E-state index in [9.17, 15) is 18.0 Å². The molecule has 0 spiro atoms. The third kappa shape index (κ3) is 4.93. The van der Waals surface area contributed by atoms with Gasteiger partial charge in [0.25, 0.3) is 0 Å². The molecule has 0 fully saturated rings. The Morgan fingerprint density at radius 3 is 1.92 bits per heavy atom. The summed E-state index contributed by atoms with van der Waals surface area (Å²) in [7, 11) is -3.58. The minimum Gasteiger partial charge on any atom is -0.481 e.